The Morgan fingerprint density at radius 1 is 1.15 bits per heavy atom. The Bertz CT molecular complexity index is 1080. The number of aliphatic hydroxyl groups is 1. The Hall–Kier alpha value is -2.63. The maximum absolute atomic E-state index is 12.7. The number of methoxy groups -OCH3 is 1. The Morgan fingerprint density at radius 2 is 1.88 bits per heavy atom. The van der Waals surface area contributed by atoms with Gasteiger partial charge in [0.2, 0.25) is 0 Å². The number of rotatable bonds is 9. The second kappa shape index (κ2) is 12.0. The van der Waals surface area contributed by atoms with E-state index in [1.807, 2.05) is 37.3 Å². The van der Waals surface area contributed by atoms with E-state index < -0.39 is 22.0 Å². The van der Waals surface area contributed by atoms with Gasteiger partial charge in [-0.1, -0.05) is 53.8 Å². The molecule has 33 heavy (non-hydrogen) atoms. The second-order valence-electron chi connectivity index (χ2n) is 7.93. The van der Waals surface area contributed by atoms with Crippen LogP contribution in [0.25, 0.3) is 0 Å². The van der Waals surface area contributed by atoms with Crippen molar-refractivity contribution in [1.29, 1.82) is 0 Å². The molecule has 1 heterocycles. The standard InChI is InChI=1S/C26H30O6S/c1-20-14-16-31-23(18-20)12-13-25(27)26(32-19-21-8-10-22(30-2)11-9-21)15-17-33(28,29)24-6-4-3-5-7-24/h3-11,14,23,25-27H,15-19H2,1-2H3/t23-,25+,26+/m1/s1. The molecule has 0 aliphatic carbocycles. The number of ether oxygens (including phenoxy) is 3. The molecule has 0 fully saturated rings. The van der Waals surface area contributed by atoms with E-state index in [9.17, 15) is 13.5 Å². The van der Waals surface area contributed by atoms with E-state index in [2.05, 4.69) is 11.8 Å². The molecular formula is C26H30O6S. The van der Waals surface area contributed by atoms with Crippen molar-refractivity contribution < 1.29 is 27.7 Å². The minimum absolute atomic E-state index is 0.105. The number of sulfone groups is 1. The summed E-state index contributed by atoms with van der Waals surface area (Å²) in [6.07, 6.45) is 0.569. The molecule has 2 aromatic carbocycles. The van der Waals surface area contributed by atoms with Crippen LogP contribution < -0.4 is 4.74 Å². The van der Waals surface area contributed by atoms with Gasteiger partial charge in [-0.25, -0.2) is 8.42 Å². The lowest BCUT2D eigenvalue weighted by Crippen LogP contribution is -2.30. The topological polar surface area (TPSA) is 82.1 Å². The van der Waals surface area contributed by atoms with E-state index in [1.165, 1.54) is 5.57 Å². The van der Waals surface area contributed by atoms with E-state index >= 15 is 0 Å². The average molecular weight is 471 g/mol. The molecule has 1 aliphatic rings. The van der Waals surface area contributed by atoms with Crippen molar-refractivity contribution >= 4 is 9.84 Å². The molecule has 0 radical (unpaired) electrons. The third kappa shape index (κ3) is 7.72. The summed E-state index contributed by atoms with van der Waals surface area (Å²) in [7, 11) is -1.92. The van der Waals surface area contributed by atoms with Gasteiger partial charge < -0.3 is 19.3 Å². The zero-order valence-corrected chi connectivity index (χ0v) is 19.8. The molecule has 0 amide bonds. The monoisotopic (exact) mass is 470 g/mol. The first-order chi connectivity index (χ1) is 15.9. The van der Waals surface area contributed by atoms with Gasteiger partial charge in [0.1, 0.15) is 18.0 Å². The zero-order valence-electron chi connectivity index (χ0n) is 18.9. The van der Waals surface area contributed by atoms with Gasteiger partial charge in [0.25, 0.3) is 0 Å². The summed E-state index contributed by atoms with van der Waals surface area (Å²) in [5, 5.41) is 10.7. The SMILES string of the molecule is COc1ccc(CO[C@@H](CCS(=O)(=O)c2ccccc2)[C@@H](O)C#C[C@@H]2CC(C)=CCO2)cc1. The van der Waals surface area contributed by atoms with Crippen LogP contribution in [-0.2, 0) is 25.9 Å². The first-order valence-corrected chi connectivity index (χ1v) is 12.5. The summed E-state index contributed by atoms with van der Waals surface area (Å²) >= 11 is 0. The van der Waals surface area contributed by atoms with Crippen molar-refractivity contribution in [2.75, 3.05) is 19.5 Å². The van der Waals surface area contributed by atoms with Crippen molar-refractivity contribution in [2.45, 2.75) is 49.6 Å². The smallest absolute Gasteiger partial charge is 0.178 e. The number of hydrogen-bond donors (Lipinski definition) is 1. The summed E-state index contributed by atoms with van der Waals surface area (Å²) in [6, 6.07) is 15.6. The predicted molar refractivity (Wildman–Crippen MR) is 127 cm³/mol. The van der Waals surface area contributed by atoms with Crippen LogP contribution in [0, 0.1) is 11.8 Å². The first kappa shape index (κ1) is 25.0. The molecule has 7 heteroatoms. The van der Waals surface area contributed by atoms with Crippen molar-refractivity contribution in [1.82, 2.24) is 0 Å². The molecule has 3 atom stereocenters. The van der Waals surface area contributed by atoms with Crippen LogP contribution in [-0.4, -0.2) is 51.3 Å². The molecule has 6 nitrogen and oxygen atoms in total. The van der Waals surface area contributed by atoms with Crippen LogP contribution in [0.5, 0.6) is 5.75 Å². The molecular weight excluding hydrogens is 440 g/mol. The van der Waals surface area contributed by atoms with Crippen molar-refractivity contribution in [3.63, 3.8) is 0 Å². The number of benzene rings is 2. The van der Waals surface area contributed by atoms with Crippen LogP contribution >= 0.6 is 0 Å². The molecule has 2 aromatic rings. The first-order valence-electron chi connectivity index (χ1n) is 10.9. The Balaban J connectivity index is 1.69. The van der Waals surface area contributed by atoms with Gasteiger partial charge in [-0.3, -0.25) is 0 Å². The molecule has 3 rings (SSSR count). The second-order valence-corrected chi connectivity index (χ2v) is 10.0. The highest BCUT2D eigenvalue weighted by atomic mass is 32.2. The third-order valence-corrected chi connectivity index (χ3v) is 7.14. The van der Waals surface area contributed by atoms with E-state index in [1.54, 1.807) is 37.4 Å². The maximum Gasteiger partial charge on any atom is 0.178 e. The normalized spacial score (nSPS) is 17.9. The summed E-state index contributed by atoms with van der Waals surface area (Å²) < 4.78 is 42.2. The van der Waals surface area contributed by atoms with Crippen LogP contribution in [0.3, 0.4) is 0 Å². The Labute approximate surface area is 196 Å². The van der Waals surface area contributed by atoms with E-state index in [4.69, 9.17) is 14.2 Å². The van der Waals surface area contributed by atoms with Gasteiger partial charge in [-0.05, 0) is 43.2 Å². The lowest BCUT2D eigenvalue weighted by atomic mass is 10.1. The van der Waals surface area contributed by atoms with Crippen molar-refractivity contribution in [2.24, 2.45) is 0 Å². The highest BCUT2D eigenvalue weighted by molar-refractivity contribution is 7.91. The van der Waals surface area contributed by atoms with Crippen LogP contribution in [0.4, 0.5) is 0 Å². The Morgan fingerprint density at radius 3 is 2.55 bits per heavy atom. The molecule has 0 unspecified atom stereocenters. The van der Waals surface area contributed by atoms with Gasteiger partial charge in [-0.15, -0.1) is 0 Å². The molecule has 0 saturated carbocycles. The fourth-order valence-corrected chi connectivity index (χ4v) is 4.73. The zero-order chi connectivity index (χ0) is 23.7. The summed E-state index contributed by atoms with van der Waals surface area (Å²) in [4.78, 5) is 0.248. The van der Waals surface area contributed by atoms with Crippen LogP contribution in [0.2, 0.25) is 0 Å². The van der Waals surface area contributed by atoms with E-state index in [0.29, 0.717) is 13.0 Å². The Kier molecular flexibility index (Phi) is 9.10. The molecule has 1 aliphatic heterocycles. The minimum atomic E-state index is -3.51. The summed E-state index contributed by atoms with van der Waals surface area (Å²) in [6.45, 7) is 2.72. The average Bonchev–Trinajstić information content (AvgIpc) is 2.83. The van der Waals surface area contributed by atoms with E-state index in [-0.39, 0.29) is 29.8 Å². The van der Waals surface area contributed by atoms with Crippen LogP contribution in [0.1, 0.15) is 25.3 Å². The van der Waals surface area contributed by atoms with Gasteiger partial charge >= 0.3 is 0 Å². The van der Waals surface area contributed by atoms with Crippen molar-refractivity contribution in [3.05, 3.63) is 71.8 Å². The van der Waals surface area contributed by atoms with Gasteiger partial charge in [0.05, 0.1) is 37.1 Å². The highest BCUT2D eigenvalue weighted by Gasteiger charge is 2.23. The number of aliphatic hydroxyl groups excluding tert-OH is 1. The largest absolute Gasteiger partial charge is 0.497 e. The van der Waals surface area contributed by atoms with Gasteiger partial charge in [0.15, 0.2) is 9.84 Å². The van der Waals surface area contributed by atoms with Crippen LogP contribution in [0.15, 0.2) is 71.1 Å². The molecule has 0 aromatic heterocycles. The maximum atomic E-state index is 12.7. The highest BCUT2D eigenvalue weighted by Crippen LogP contribution is 2.18. The fraction of sp³-hybridized carbons (Fsp3) is 0.385. The lowest BCUT2D eigenvalue weighted by molar-refractivity contribution is -0.0244. The number of hydrogen-bond acceptors (Lipinski definition) is 6. The molecule has 1 N–H and O–H groups in total. The quantitative estimate of drug-likeness (QED) is 0.446. The third-order valence-electron chi connectivity index (χ3n) is 5.38. The fourth-order valence-electron chi connectivity index (χ4n) is 3.38. The molecule has 0 bridgehead atoms. The molecule has 0 spiro atoms. The van der Waals surface area contributed by atoms with Gasteiger partial charge in [0, 0.05) is 6.42 Å². The van der Waals surface area contributed by atoms with E-state index in [0.717, 1.165) is 11.3 Å². The van der Waals surface area contributed by atoms with Crippen molar-refractivity contribution in [3.8, 4) is 17.6 Å². The molecule has 0 saturated heterocycles. The molecule has 176 valence electrons. The van der Waals surface area contributed by atoms with Gasteiger partial charge in [-0.2, -0.15) is 0 Å². The summed E-state index contributed by atoms with van der Waals surface area (Å²) in [5.74, 6) is 6.35. The minimum Gasteiger partial charge on any atom is -0.497 e. The lowest BCUT2D eigenvalue weighted by Gasteiger charge is -2.21. The predicted octanol–water partition coefficient (Wildman–Crippen LogP) is 3.54. The summed E-state index contributed by atoms with van der Waals surface area (Å²) in [5.41, 5.74) is 2.07.